The van der Waals surface area contributed by atoms with Crippen molar-refractivity contribution in [3.63, 3.8) is 0 Å². The molecule has 5 nitrogen and oxygen atoms in total. The number of hydrogen-bond acceptors (Lipinski definition) is 5. The molecular weight excluding hydrogens is 721 g/mol. The minimum Gasteiger partial charge on any atom is -0.454 e. The Bertz CT molecular complexity index is 3200. The van der Waals surface area contributed by atoms with E-state index >= 15 is 0 Å². The van der Waals surface area contributed by atoms with E-state index in [1.54, 1.807) is 0 Å². The zero-order valence-electron chi connectivity index (χ0n) is 31.8. The summed E-state index contributed by atoms with van der Waals surface area (Å²) < 4.78 is 6.54. The summed E-state index contributed by atoms with van der Waals surface area (Å²) in [5.41, 5.74) is 14.9. The topological polar surface area (TPSA) is 64.7 Å². The Balaban J connectivity index is 1.01. The summed E-state index contributed by atoms with van der Waals surface area (Å²) in [6.07, 6.45) is 0. The number of rotatable bonds is 7. The first kappa shape index (κ1) is 34.2. The fraction of sp³-hybridized carbons (Fsp3) is 0. The van der Waals surface area contributed by atoms with E-state index in [0.29, 0.717) is 17.5 Å². The zero-order chi connectivity index (χ0) is 39.1. The second kappa shape index (κ2) is 14.5. The Kier molecular flexibility index (Phi) is 8.41. The highest BCUT2D eigenvalue weighted by Crippen LogP contribution is 2.41. The SMILES string of the molecule is c1ccc(-c2ccc(-c3nc(-c4ccc(-c5ccccc5)cc4)nc(-c4cccc(-c5cccc(-c6c7ccccc7nc7c6oc6ccccc67)c5)c4)n3)cc2)cc1. The molecular formula is C54H34N4O. The van der Waals surface area contributed by atoms with Crippen molar-refractivity contribution in [2.45, 2.75) is 0 Å². The van der Waals surface area contributed by atoms with Crippen LogP contribution in [-0.2, 0) is 0 Å². The van der Waals surface area contributed by atoms with Crippen molar-refractivity contribution in [3.8, 4) is 78.7 Å². The summed E-state index contributed by atoms with van der Waals surface area (Å²) in [5.74, 6) is 1.83. The van der Waals surface area contributed by atoms with Crippen LogP contribution in [0, 0.1) is 0 Å². The van der Waals surface area contributed by atoms with Gasteiger partial charge in [-0.1, -0.05) is 176 Å². The molecule has 0 atom stereocenters. The highest BCUT2D eigenvalue weighted by atomic mass is 16.3. The number of aromatic nitrogens is 4. The smallest absolute Gasteiger partial charge is 0.164 e. The Labute approximate surface area is 341 Å². The van der Waals surface area contributed by atoms with E-state index in [0.717, 1.165) is 94.2 Å². The molecule has 0 spiro atoms. The van der Waals surface area contributed by atoms with Gasteiger partial charge in [-0.3, -0.25) is 0 Å². The molecule has 0 fully saturated rings. The molecule has 0 aliphatic heterocycles. The summed E-state index contributed by atoms with van der Waals surface area (Å²) in [6, 6.07) is 71.1. The van der Waals surface area contributed by atoms with Crippen molar-refractivity contribution >= 4 is 33.0 Å². The average molecular weight is 755 g/mol. The highest BCUT2D eigenvalue weighted by molar-refractivity contribution is 6.15. The minimum atomic E-state index is 0.603. The largest absolute Gasteiger partial charge is 0.454 e. The molecule has 3 aromatic heterocycles. The van der Waals surface area contributed by atoms with Crippen molar-refractivity contribution in [2.75, 3.05) is 0 Å². The maximum Gasteiger partial charge on any atom is 0.164 e. The Morgan fingerprint density at radius 1 is 0.288 bits per heavy atom. The van der Waals surface area contributed by atoms with E-state index in [9.17, 15) is 0 Å². The number of benzene rings is 8. The molecule has 0 saturated carbocycles. The fourth-order valence-electron chi connectivity index (χ4n) is 7.96. The number of hydrogen-bond donors (Lipinski definition) is 0. The molecule has 0 amide bonds. The van der Waals surface area contributed by atoms with Crippen LogP contribution in [0.25, 0.3) is 112 Å². The van der Waals surface area contributed by atoms with Crippen LogP contribution in [0.2, 0.25) is 0 Å². The molecule has 59 heavy (non-hydrogen) atoms. The molecule has 11 rings (SSSR count). The third kappa shape index (κ3) is 6.41. The molecule has 11 aromatic rings. The summed E-state index contributed by atoms with van der Waals surface area (Å²) in [7, 11) is 0. The standard InChI is InChI=1S/C54H34N4O/c1-3-13-35(14-4-1)37-25-29-39(30-26-37)52-56-53(40-31-27-38(28-32-40)36-15-5-2-6-16-36)58-54(57-52)44-20-12-18-42(34-44)41-17-11-19-43(33-41)49-45-21-7-9-23-47(45)55-50-46-22-8-10-24-48(46)59-51(49)50/h1-34H. The summed E-state index contributed by atoms with van der Waals surface area (Å²) in [6.45, 7) is 0. The lowest BCUT2D eigenvalue weighted by Gasteiger charge is -2.12. The van der Waals surface area contributed by atoms with Crippen molar-refractivity contribution in [2.24, 2.45) is 0 Å². The van der Waals surface area contributed by atoms with E-state index in [4.69, 9.17) is 24.4 Å². The Morgan fingerprint density at radius 2 is 0.712 bits per heavy atom. The van der Waals surface area contributed by atoms with Gasteiger partial charge in [-0.15, -0.1) is 0 Å². The molecule has 0 aliphatic rings. The van der Waals surface area contributed by atoms with E-state index in [1.807, 2.05) is 36.4 Å². The molecule has 5 heteroatoms. The van der Waals surface area contributed by atoms with E-state index in [-0.39, 0.29) is 0 Å². The van der Waals surface area contributed by atoms with Gasteiger partial charge in [0.25, 0.3) is 0 Å². The molecule has 0 unspecified atom stereocenters. The lowest BCUT2D eigenvalue weighted by Crippen LogP contribution is -2.00. The first-order valence-corrected chi connectivity index (χ1v) is 19.7. The normalized spacial score (nSPS) is 11.4. The van der Waals surface area contributed by atoms with Gasteiger partial charge in [0.15, 0.2) is 23.1 Å². The van der Waals surface area contributed by atoms with Gasteiger partial charge in [-0.05, 0) is 69.3 Å². The van der Waals surface area contributed by atoms with Crippen molar-refractivity contribution in [3.05, 3.63) is 206 Å². The van der Waals surface area contributed by atoms with Crippen LogP contribution in [0.1, 0.15) is 0 Å². The van der Waals surface area contributed by atoms with E-state index in [1.165, 1.54) is 0 Å². The second-order valence-electron chi connectivity index (χ2n) is 14.6. The van der Waals surface area contributed by atoms with Gasteiger partial charge in [0, 0.05) is 33.0 Å². The van der Waals surface area contributed by atoms with Crippen LogP contribution in [0.4, 0.5) is 0 Å². The molecule has 8 aromatic carbocycles. The lowest BCUT2D eigenvalue weighted by molar-refractivity contribution is 0.670. The van der Waals surface area contributed by atoms with Gasteiger partial charge in [-0.2, -0.15) is 0 Å². The molecule has 0 N–H and O–H groups in total. The fourth-order valence-corrected chi connectivity index (χ4v) is 7.96. The van der Waals surface area contributed by atoms with Gasteiger partial charge in [0.1, 0.15) is 11.1 Å². The molecule has 0 radical (unpaired) electrons. The van der Waals surface area contributed by atoms with Gasteiger partial charge >= 0.3 is 0 Å². The first-order valence-electron chi connectivity index (χ1n) is 19.7. The molecule has 0 saturated heterocycles. The lowest BCUT2D eigenvalue weighted by atomic mass is 9.95. The van der Waals surface area contributed by atoms with E-state index < -0.39 is 0 Å². The molecule has 3 heterocycles. The van der Waals surface area contributed by atoms with Crippen LogP contribution in [0.3, 0.4) is 0 Å². The van der Waals surface area contributed by atoms with E-state index in [2.05, 4.69) is 170 Å². The van der Waals surface area contributed by atoms with Gasteiger partial charge in [-0.25, -0.2) is 19.9 Å². The number of pyridine rings is 1. The summed E-state index contributed by atoms with van der Waals surface area (Å²) >= 11 is 0. The van der Waals surface area contributed by atoms with Crippen molar-refractivity contribution < 1.29 is 4.42 Å². The highest BCUT2D eigenvalue weighted by Gasteiger charge is 2.19. The zero-order valence-corrected chi connectivity index (χ0v) is 31.8. The van der Waals surface area contributed by atoms with Crippen LogP contribution in [0.15, 0.2) is 211 Å². The average Bonchev–Trinajstić information content (AvgIpc) is 3.69. The van der Waals surface area contributed by atoms with Crippen LogP contribution in [-0.4, -0.2) is 19.9 Å². The third-order valence-corrected chi connectivity index (χ3v) is 10.9. The Morgan fingerprint density at radius 3 is 1.32 bits per heavy atom. The predicted molar refractivity (Wildman–Crippen MR) is 240 cm³/mol. The monoisotopic (exact) mass is 754 g/mol. The van der Waals surface area contributed by atoms with Crippen LogP contribution in [0.5, 0.6) is 0 Å². The number of fused-ring (bicyclic) bond motifs is 4. The number of furan rings is 1. The Hall–Kier alpha value is -8.02. The summed E-state index contributed by atoms with van der Waals surface area (Å²) in [5, 5.41) is 2.05. The van der Waals surface area contributed by atoms with Gasteiger partial charge < -0.3 is 4.42 Å². The summed E-state index contributed by atoms with van der Waals surface area (Å²) in [4.78, 5) is 20.3. The quantitative estimate of drug-likeness (QED) is 0.162. The van der Waals surface area contributed by atoms with Crippen LogP contribution < -0.4 is 0 Å². The third-order valence-electron chi connectivity index (χ3n) is 10.9. The minimum absolute atomic E-state index is 0.603. The predicted octanol–water partition coefficient (Wildman–Crippen LogP) is 14.0. The molecule has 0 aliphatic carbocycles. The maximum atomic E-state index is 6.54. The van der Waals surface area contributed by atoms with Gasteiger partial charge in [0.2, 0.25) is 0 Å². The van der Waals surface area contributed by atoms with Crippen LogP contribution >= 0.6 is 0 Å². The van der Waals surface area contributed by atoms with Gasteiger partial charge in [0.05, 0.1) is 5.52 Å². The maximum absolute atomic E-state index is 6.54. The molecule has 0 bridgehead atoms. The first-order chi connectivity index (χ1) is 29.2. The van der Waals surface area contributed by atoms with Crippen molar-refractivity contribution in [1.29, 1.82) is 0 Å². The number of nitrogens with zero attached hydrogens (tertiary/aromatic N) is 4. The second-order valence-corrected chi connectivity index (χ2v) is 14.6. The van der Waals surface area contributed by atoms with Crippen molar-refractivity contribution in [1.82, 2.24) is 19.9 Å². The number of para-hydroxylation sites is 2. The molecule has 276 valence electrons.